The van der Waals surface area contributed by atoms with E-state index in [1.54, 1.807) is 0 Å². The van der Waals surface area contributed by atoms with Crippen LogP contribution in [-0.4, -0.2) is 68.7 Å². The van der Waals surface area contributed by atoms with Crippen LogP contribution < -0.4 is 0 Å². The van der Waals surface area contributed by atoms with Gasteiger partial charge in [-0.05, 0) is 48.8 Å². The lowest BCUT2D eigenvalue weighted by molar-refractivity contribution is -0.387. The summed E-state index contributed by atoms with van der Waals surface area (Å²) in [4.78, 5) is 13.1. The predicted molar refractivity (Wildman–Crippen MR) is 160 cm³/mol. The molecule has 1 saturated heterocycles. The molecule has 1 unspecified atom stereocenters. The maximum absolute atomic E-state index is 13.8. The number of para-hydroxylation sites is 1. The van der Waals surface area contributed by atoms with Crippen molar-refractivity contribution in [2.75, 3.05) is 19.7 Å². The Labute approximate surface area is 241 Å². The van der Waals surface area contributed by atoms with Gasteiger partial charge in [-0.1, -0.05) is 73.1 Å². The zero-order chi connectivity index (χ0) is 28.8. The van der Waals surface area contributed by atoms with Gasteiger partial charge in [0.15, 0.2) is 13.2 Å². The minimum Gasteiger partial charge on any atom is -0.415 e. The SMILES string of the molecule is CC1/C=C\CN(S(=O)(=O)c2ccccc2[N+](=O)[O-])C[C@H]2[C@@H](c3ccc(Br)cc3)[C@@H](CO[Si](C)(C)C(C)(C)C)N12. The average Bonchev–Trinajstić information content (AvgIpc) is 2.84. The smallest absolute Gasteiger partial charge is 0.289 e. The van der Waals surface area contributed by atoms with Gasteiger partial charge in [0, 0.05) is 47.7 Å². The van der Waals surface area contributed by atoms with E-state index in [-0.39, 0.29) is 47.1 Å². The fraction of sp³-hybridized carbons (Fsp3) is 0.500. The van der Waals surface area contributed by atoms with Gasteiger partial charge in [-0.15, -0.1) is 0 Å². The largest absolute Gasteiger partial charge is 0.415 e. The lowest BCUT2D eigenvalue weighted by Crippen LogP contribution is -2.70. The molecule has 8 nitrogen and oxygen atoms in total. The number of rotatable bonds is 7. The van der Waals surface area contributed by atoms with Crippen LogP contribution in [-0.2, 0) is 14.4 Å². The second kappa shape index (κ2) is 11.2. The molecule has 0 radical (unpaired) electrons. The summed E-state index contributed by atoms with van der Waals surface area (Å²) in [5.41, 5.74) is 0.718. The molecule has 11 heteroatoms. The van der Waals surface area contributed by atoms with E-state index in [1.165, 1.54) is 28.6 Å². The van der Waals surface area contributed by atoms with E-state index >= 15 is 0 Å². The summed E-state index contributed by atoms with van der Waals surface area (Å²) in [6, 6.07) is 13.8. The van der Waals surface area contributed by atoms with E-state index in [0.717, 1.165) is 10.0 Å². The molecule has 2 aliphatic rings. The van der Waals surface area contributed by atoms with E-state index < -0.39 is 29.0 Å². The van der Waals surface area contributed by atoms with Gasteiger partial charge in [0.2, 0.25) is 10.0 Å². The molecule has 4 rings (SSSR count). The van der Waals surface area contributed by atoms with Crippen molar-refractivity contribution in [2.45, 2.75) is 74.8 Å². The van der Waals surface area contributed by atoms with Crippen molar-refractivity contribution in [2.24, 2.45) is 0 Å². The van der Waals surface area contributed by atoms with Crippen molar-refractivity contribution in [3.63, 3.8) is 0 Å². The first kappa shape index (κ1) is 30.1. The third-order valence-corrected chi connectivity index (χ3v) is 15.4. The molecule has 2 aromatic rings. The first-order chi connectivity index (χ1) is 18.1. The van der Waals surface area contributed by atoms with E-state index in [4.69, 9.17) is 4.43 Å². The summed E-state index contributed by atoms with van der Waals surface area (Å²) in [7, 11) is -6.14. The Kier molecular flexibility index (Phi) is 8.62. The van der Waals surface area contributed by atoms with Gasteiger partial charge in [-0.2, -0.15) is 4.31 Å². The van der Waals surface area contributed by atoms with E-state index in [0.29, 0.717) is 6.61 Å². The van der Waals surface area contributed by atoms with E-state index in [2.05, 4.69) is 73.8 Å². The molecule has 2 aliphatic heterocycles. The molecule has 0 aliphatic carbocycles. The second-order valence-corrected chi connectivity index (χ2v) is 19.6. The molecule has 0 bridgehead atoms. The first-order valence-electron chi connectivity index (χ1n) is 13.2. The highest BCUT2D eigenvalue weighted by molar-refractivity contribution is 9.10. The molecular weight excluding hydrogens is 598 g/mol. The van der Waals surface area contributed by atoms with Crippen LogP contribution in [0.15, 0.2) is 70.1 Å². The van der Waals surface area contributed by atoms with Crippen LogP contribution >= 0.6 is 15.9 Å². The molecule has 1 fully saturated rings. The third-order valence-electron chi connectivity index (χ3n) is 8.54. The number of benzene rings is 2. The third kappa shape index (κ3) is 5.94. The van der Waals surface area contributed by atoms with Crippen molar-refractivity contribution < 1.29 is 17.8 Å². The minimum absolute atomic E-state index is 0.0419. The van der Waals surface area contributed by atoms with Gasteiger partial charge >= 0.3 is 0 Å². The Balaban J connectivity index is 1.72. The molecular formula is C28H38BrN3O5SSi. The van der Waals surface area contributed by atoms with Gasteiger partial charge in [-0.3, -0.25) is 15.0 Å². The van der Waals surface area contributed by atoms with Crippen molar-refractivity contribution in [3.05, 3.63) is 80.8 Å². The maximum atomic E-state index is 13.8. The summed E-state index contributed by atoms with van der Waals surface area (Å²) < 4.78 is 36.7. The minimum atomic E-state index is -4.12. The number of nitro groups is 1. The normalized spacial score (nSPS) is 25.7. The highest BCUT2D eigenvalue weighted by atomic mass is 79.9. The lowest BCUT2D eigenvalue weighted by atomic mass is 9.74. The number of hydrogen-bond donors (Lipinski definition) is 0. The van der Waals surface area contributed by atoms with Crippen LogP contribution in [0.25, 0.3) is 0 Å². The molecule has 0 N–H and O–H groups in total. The zero-order valence-electron chi connectivity index (χ0n) is 23.4. The molecule has 2 aromatic carbocycles. The van der Waals surface area contributed by atoms with Crippen LogP contribution in [0.2, 0.25) is 18.1 Å². The molecule has 4 atom stereocenters. The summed E-state index contributed by atoms with van der Waals surface area (Å²) in [5, 5.41) is 11.7. The Morgan fingerprint density at radius 2 is 1.77 bits per heavy atom. The highest BCUT2D eigenvalue weighted by Gasteiger charge is 2.53. The number of fused-ring (bicyclic) bond motifs is 1. The fourth-order valence-corrected chi connectivity index (χ4v) is 8.18. The van der Waals surface area contributed by atoms with Crippen LogP contribution in [0.4, 0.5) is 5.69 Å². The van der Waals surface area contributed by atoms with Gasteiger partial charge in [0.1, 0.15) is 0 Å². The lowest BCUT2D eigenvalue weighted by Gasteiger charge is -2.59. The van der Waals surface area contributed by atoms with Crippen LogP contribution in [0.3, 0.4) is 0 Å². The molecule has 39 heavy (non-hydrogen) atoms. The molecule has 0 spiro atoms. The molecule has 0 amide bonds. The van der Waals surface area contributed by atoms with Crippen LogP contribution in [0.1, 0.15) is 39.2 Å². The monoisotopic (exact) mass is 635 g/mol. The van der Waals surface area contributed by atoms with Crippen molar-refractivity contribution in [1.82, 2.24) is 9.21 Å². The summed E-state index contributed by atoms with van der Waals surface area (Å²) in [6.45, 7) is 14.2. The number of hydrogen-bond acceptors (Lipinski definition) is 6. The maximum Gasteiger partial charge on any atom is 0.289 e. The van der Waals surface area contributed by atoms with Crippen molar-refractivity contribution in [1.29, 1.82) is 0 Å². The molecule has 2 heterocycles. The molecule has 0 aromatic heterocycles. The highest BCUT2D eigenvalue weighted by Crippen LogP contribution is 2.46. The first-order valence-corrected chi connectivity index (χ1v) is 18.4. The Bertz CT molecular complexity index is 1340. The standard InChI is InChI=1S/C28H38BrN3O5SSi/c1-20-10-9-17-30(38(35,36)26-12-8-7-11-23(26)32(33)34)18-24-27(21-13-15-22(29)16-14-21)25(31(20)24)19-37-39(5,6)28(2,3)4/h7-16,20,24-25,27H,17-19H2,1-6H3/b10-9-/t20?,24-,25+,27+/m0/s1. The Morgan fingerprint density at radius 3 is 2.38 bits per heavy atom. The van der Waals surface area contributed by atoms with E-state index in [9.17, 15) is 18.5 Å². The van der Waals surface area contributed by atoms with Gasteiger partial charge in [0.05, 0.1) is 11.5 Å². The number of halogens is 1. The number of sulfonamides is 1. The summed E-state index contributed by atoms with van der Waals surface area (Å²) >= 11 is 3.53. The van der Waals surface area contributed by atoms with Crippen LogP contribution in [0, 0.1) is 10.1 Å². The number of nitrogens with zero attached hydrogens (tertiary/aromatic N) is 3. The fourth-order valence-electron chi connectivity index (χ4n) is 5.33. The topological polar surface area (TPSA) is 93.0 Å². The average molecular weight is 637 g/mol. The van der Waals surface area contributed by atoms with E-state index in [1.807, 2.05) is 24.3 Å². The van der Waals surface area contributed by atoms with Gasteiger partial charge < -0.3 is 4.43 Å². The second-order valence-electron chi connectivity index (χ2n) is 11.9. The predicted octanol–water partition coefficient (Wildman–Crippen LogP) is 6.16. The van der Waals surface area contributed by atoms with Crippen molar-refractivity contribution in [3.8, 4) is 0 Å². The molecule has 212 valence electrons. The zero-order valence-corrected chi connectivity index (χ0v) is 26.8. The van der Waals surface area contributed by atoms with Crippen molar-refractivity contribution >= 4 is 40.0 Å². The van der Waals surface area contributed by atoms with Gasteiger partial charge in [-0.25, -0.2) is 8.42 Å². The van der Waals surface area contributed by atoms with Gasteiger partial charge in [0.25, 0.3) is 5.69 Å². The van der Waals surface area contributed by atoms with Crippen LogP contribution in [0.5, 0.6) is 0 Å². The number of nitro benzene ring substituents is 1. The summed E-state index contributed by atoms with van der Waals surface area (Å²) in [6.07, 6.45) is 3.89. The summed E-state index contributed by atoms with van der Waals surface area (Å²) in [5.74, 6) is 0.0419. The quantitative estimate of drug-likeness (QED) is 0.156. The Hall–Kier alpha value is -1.89. The molecule has 0 saturated carbocycles. The Morgan fingerprint density at radius 1 is 1.13 bits per heavy atom.